The molecule has 1 saturated heterocycles. The van der Waals surface area contributed by atoms with Gasteiger partial charge < -0.3 is 5.11 Å². The van der Waals surface area contributed by atoms with Crippen LogP contribution in [0.25, 0.3) is 0 Å². The van der Waals surface area contributed by atoms with Gasteiger partial charge in [0.1, 0.15) is 6.04 Å². The molecule has 0 bridgehead atoms. The van der Waals surface area contributed by atoms with Crippen LogP contribution >= 0.6 is 11.8 Å². The van der Waals surface area contributed by atoms with E-state index in [1.165, 1.54) is 12.8 Å². The minimum atomic E-state index is -0.704. The Balaban J connectivity index is 1.98. The van der Waals surface area contributed by atoms with Crippen molar-refractivity contribution in [1.82, 2.24) is 5.32 Å². The van der Waals surface area contributed by atoms with E-state index in [4.69, 9.17) is 5.11 Å². The normalized spacial score (nSPS) is 33.1. The van der Waals surface area contributed by atoms with Crippen LogP contribution in [0.2, 0.25) is 0 Å². The molecular formula is C11H19NO2S. The molecule has 2 N–H and O–H groups in total. The van der Waals surface area contributed by atoms with Gasteiger partial charge in [0.2, 0.25) is 0 Å². The van der Waals surface area contributed by atoms with Crippen LogP contribution in [0.4, 0.5) is 0 Å². The highest BCUT2D eigenvalue weighted by atomic mass is 32.2. The van der Waals surface area contributed by atoms with Gasteiger partial charge >= 0.3 is 5.97 Å². The fourth-order valence-corrected chi connectivity index (χ4v) is 3.83. The lowest BCUT2D eigenvalue weighted by Crippen LogP contribution is -2.48. The minimum absolute atomic E-state index is 0.0680. The lowest BCUT2D eigenvalue weighted by atomic mass is 9.75. The van der Waals surface area contributed by atoms with Gasteiger partial charge in [-0.3, -0.25) is 10.1 Å². The summed E-state index contributed by atoms with van der Waals surface area (Å²) in [7, 11) is 0. The predicted octanol–water partition coefficient (Wildman–Crippen LogP) is 2.07. The summed E-state index contributed by atoms with van der Waals surface area (Å²) in [4.78, 5) is 10.9. The Bertz CT molecular complexity index is 268. The summed E-state index contributed by atoms with van der Waals surface area (Å²) in [6.07, 6.45) is 4.60. The zero-order valence-electron chi connectivity index (χ0n) is 9.38. The van der Waals surface area contributed by atoms with Gasteiger partial charge in [-0.1, -0.05) is 13.8 Å². The third-order valence-electron chi connectivity index (χ3n) is 3.67. The van der Waals surface area contributed by atoms with Gasteiger partial charge in [-0.05, 0) is 31.1 Å². The molecule has 1 spiro atoms. The third-order valence-corrected chi connectivity index (χ3v) is 5.25. The number of nitrogens with one attached hydrogen (secondary N) is 1. The quantitative estimate of drug-likeness (QED) is 0.722. The molecule has 2 fully saturated rings. The van der Waals surface area contributed by atoms with Crippen LogP contribution < -0.4 is 5.32 Å². The van der Waals surface area contributed by atoms with E-state index in [1.54, 1.807) is 0 Å². The summed E-state index contributed by atoms with van der Waals surface area (Å²) in [6, 6.07) is -0.337. The van der Waals surface area contributed by atoms with Crippen molar-refractivity contribution >= 4 is 17.7 Å². The van der Waals surface area contributed by atoms with E-state index in [0.717, 1.165) is 18.6 Å². The average molecular weight is 229 g/mol. The number of hydrogen-bond acceptors (Lipinski definition) is 3. The van der Waals surface area contributed by atoms with E-state index in [9.17, 15) is 4.79 Å². The molecule has 2 aliphatic rings. The Hall–Kier alpha value is -0.220. The number of thioether (sulfide) groups is 1. The number of carbonyl (C=O) groups is 1. The van der Waals surface area contributed by atoms with Gasteiger partial charge in [0.05, 0.1) is 4.87 Å². The minimum Gasteiger partial charge on any atom is -0.480 e. The van der Waals surface area contributed by atoms with Gasteiger partial charge in [0, 0.05) is 5.75 Å². The lowest BCUT2D eigenvalue weighted by molar-refractivity contribution is -0.139. The topological polar surface area (TPSA) is 49.3 Å². The van der Waals surface area contributed by atoms with Gasteiger partial charge in [-0.2, -0.15) is 0 Å². The molecule has 2 rings (SSSR count). The van der Waals surface area contributed by atoms with Crippen molar-refractivity contribution < 1.29 is 9.90 Å². The second-order valence-corrected chi connectivity index (χ2v) is 6.91. The number of carboxylic acid groups (broad SMARTS) is 1. The van der Waals surface area contributed by atoms with Gasteiger partial charge in [0.15, 0.2) is 0 Å². The second kappa shape index (κ2) is 3.67. The molecule has 1 atom stereocenters. The van der Waals surface area contributed by atoms with Crippen LogP contribution in [0, 0.1) is 5.41 Å². The first-order valence-electron chi connectivity index (χ1n) is 5.57. The highest BCUT2D eigenvalue weighted by Crippen LogP contribution is 2.48. The van der Waals surface area contributed by atoms with Gasteiger partial charge in [0.25, 0.3) is 0 Å². The molecule has 3 nitrogen and oxygen atoms in total. The summed E-state index contributed by atoms with van der Waals surface area (Å²) < 4.78 is 0. The van der Waals surface area contributed by atoms with E-state index in [1.807, 2.05) is 11.8 Å². The molecule has 15 heavy (non-hydrogen) atoms. The predicted molar refractivity (Wildman–Crippen MR) is 62.0 cm³/mol. The number of carboxylic acids is 1. The first kappa shape index (κ1) is 11.3. The Morgan fingerprint density at radius 2 is 1.93 bits per heavy atom. The van der Waals surface area contributed by atoms with Crippen LogP contribution in [0.1, 0.15) is 39.5 Å². The lowest BCUT2D eigenvalue weighted by Gasteiger charge is -2.41. The maximum Gasteiger partial charge on any atom is 0.321 e. The molecule has 1 heterocycles. The molecule has 86 valence electrons. The first-order chi connectivity index (χ1) is 6.93. The summed E-state index contributed by atoms with van der Waals surface area (Å²) in [5.74, 6) is 0.0136. The van der Waals surface area contributed by atoms with Crippen LogP contribution in [0.15, 0.2) is 0 Å². The molecule has 1 unspecified atom stereocenters. The Morgan fingerprint density at radius 1 is 1.33 bits per heavy atom. The average Bonchev–Trinajstić information content (AvgIpc) is 2.56. The van der Waals surface area contributed by atoms with Crippen molar-refractivity contribution in [3.63, 3.8) is 0 Å². The van der Waals surface area contributed by atoms with Crippen molar-refractivity contribution in [2.45, 2.75) is 50.4 Å². The fourth-order valence-electron chi connectivity index (χ4n) is 2.40. The summed E-state index contributed by atoms with van der Waals surface area (Å²) in [5.41, 5.74) is 0.439. The van der Waals surface area contributed by atoms with E-state index in [-0.39, 0.29) is 10.9 Å². The van der Waals surface area contributed by atoms with Crippen LogP contribution in [-0.2, 0) is 4.79 Å². The zero-order valence-corrected chi connectivity index (χ0v) is 10.2. The van der Waals surface area contributed by atoms with E-state index < -0.39 is 5.97 Å². The molecule has 0 aromatic carbocycles. The molecule has 0 aromatic rings. The van der Waals surface area contributed by atoms with Crippen LogP contribution in [-0.4, -0.2) is 27.7 Å². The molecular weight excluding hydrogens is 210 g/mol. The van der Waals surface area contributed by atoms with E-state index in [0.29, 0.717) is 5.41 Å². The first-order valence-corrected chi connectivity index (χ1v) is 6.56. The van der Waals surface area contributed by atoms with Crippen molar-refractivity contribution in [1.29, 1.82) is 0 Å². The summed E-state index contributed by atoms with van der Waals surface area (Å²) >= 11 is 1.81. The van der Waals surface area contributed by atoms with E-state index in [2.05, 4.69) is 19.2 Å². The van der Waals surface area contributed by atoms with Gasteiger partial charge in [-0.15, -0.1) is 11.8 Å². The number of rotatable bonds is 1. The maximum atomic E-state index is 10.9. The number of hydrogen-bond donors (Lipinski definition) is 2. The fraction of sp³-hybridized carbons (Fsp3) is 0.909. The highest BCUT2D eigenvalue weighted by Gasteiger charge is 2.45. The Kier molecular flexibility index (Phi) is 2.75. The standard InChI is InChI=1S/C11H19NO2S/c1-10(2)3-5-11(6-4-10)12-8(7-15-11)9(13)14/h8,12H,3-7H2,1-2H3,(H,13,14). The molecule has 1 aliphatic heterocycles. The summed E-state index contributed by atoms with van der Waals surface area (Å²) in [6.45, 7) is 4.60. The largest absolute Gasteiger partial charge is 0.480 e. The Morgan fingerprint density at radius 3 is 2.40 bits per heavy atom. The van der Waals surface area contributed by atoms with Crippen LogP contribution in [0.5, 0.6) is 0 Å². The monoisotopic (exact) mass is 229 g/mol. The molecule has 4 heteroatoms. The zero-order chi connectivity index (χ0) is 11.1. The Labute approximate surface area is 95.0 Å². The van der Waals surface area contributed by atoms with Gasteiger partial charge in [-0.25, -0.2) is 0 Å². The second-order valence-electron chi connectivity index (χ2n) is 5.50. The van der Waals surface area contributed by atoms with Crippen molar-refractivity contribution in [3.05, 3.63) is 0 Å². The highest BCUT2D eigenvalue weighted by molar-refractivity contribution is 8.00. The molecule has 1 aliphatic carbocycles. The van der Waals surface area contributed by atoms with Crippen LogP contribution in [0.3, 0.4) is 0 Å². The van der Waals surface area contributed by atoms with Crippen molar-refractivity contribution in [2.24, 2.45) is 5.41 Å². The number of aliphatic carboxylic acids is 1. The smallest absolute Gasteiger partial charge is 0.321 e. The third kappa shape index (κ3) is 2.31. The molecule has 0 amide bonds. The molecule has 0 aromatic heterocycles. The van der Waals surface area contributed by atoms with E-state index >= 15 is 0 Å². The molecule has 1 saturated carbocycles. The maximum absolute atomic E-state index is 10.9. The SMILES string of the molecule is CC1(C)CCC2(CC1)NC(C(=O)O)CS2. The summed E-state index contributed by atoms with van der Waals surface area (Å²) in [5, 5.41) is 12.3. The van der Waals surface area contributed by atoms with Crippen molar-refractivity contribution in [3.8, 4) is 0 Å². The molecule has 0 radical (unpaired) electrons. The van der Waals surface area contributed by atoms with Crippen molar-refractivity contribution in [2.75, 3.05) is 5.75 Å².